The SMILES string of the molecule is CN(C)C1(CNC(=O)c2nn3c(c2Cl)OCCC3)CCCC1. The summed E-state index contributed by atoms with van der Waals surface area (Å²) in [5, 5.41) is 7.64. The van der Waals surface area contributed by atoms with Crippen LogP contribution in [-0.2, 0) is 6.54 Å². The van der Waals surface area contributed by atoms with Gasteiger partial charge in [-0.3, -0.25) is 4.79 Å². The zero-order chi connectivity index (χ0) is 15.7. The molecule has 0 spiro atoms. The Morgan fingerprint density at radius 1 is 1.41 bits per heavy atom. The summed E-state index contributed by atoms with van der Waals surface area (Å²) < 4.78 is 7.18. The predicted octanol–water partition coefficient (Wildman–Crippen LogP) is 1.92. The summed E-state index contributed by atoms with van der Waals surface area (Å²) in [5.41, 5.74) is 0.323. The van der Waals surface area contributed by atoms with Crippen LogP contribution in [0.4, 0.5) is 0 Å². The molecule has 6 nitrogen and oxygen atoms in total. The molecule has 2 aliphatic rings. The van der Waals surface area contributed by atoms with Crippen molar-refractivity contribution in [1.29, 1.82) is 0 Å². The summed E-state index contributed by atoms with van der Waals surface area (Å²) >= 11 is 6.25. The van der Waals surface area contributed by atoms with Crippen LogP contribution in [-0.4, -0.2) is 53.4 Å². The topological polar surface area (TPSA) is 59.4 Å². The second kappa shape index (κ2) is 6.08. The maximum absolute atomic E-state index is 12.5. The molecule has 1 aliphatic heterocycles. The molecule has 0 aromatic carbocycles. The fourth-order valence-electron chi connectivity index (χ4n) is 3.39. The van der Waals surface area contributed by atoms with Crippen molar-refractivity contribution in [1.82, 2.24) is 20.0 Å². The largest absolute Gasteiger partial charge is 0.477 e. The number of nitrogens with one attached hydrogen (secondary N) is 1. The van der Waals surface area contributed by atoms with Gasteiger partial charge in [-0.25, -0.2) is 4.68 Å². The van der Waals surface area contributed by atoms with Crippen molar-refractivity contribution in [3.05, 3.63) is 10.7 Å². The molecule has 1 amide bonds. The molecule has 1 aliphatic carbocycles. The number of amides is 1. The Kier molecular flexibility index (Phi) is 4.32. The van der Waals surface area contributed by atoms with Crippen molar-refractivity contribution in [2.75, 3.05) is 27.2 Å². The first-order valence-corrected chi connectivity index (χ1v) is 8.26. The number of ether oxygens (including phenoxy) is 1. The van der Waals surface area contributed by atoms with Crippen LogP contribution >= 0.6 is 11.6 Å². The third-order valence-corrected chi connectivity index (χ3v) is 5.22. The quantitative estimate of drug-likeness (QED) is 0.918. The first kappa shape index (κ1) is 15.6. The lowest BCUT2D eigenvalue weighted by atomic mass is 9.96. The molecule has 2 heterocycles. The first-order valence-electron chi connectivity index (χ1n) is 7.88. The standard InChI is InChI=1S/C15H23ClN4O2/c1-19(2)15(6-3-4-7-15)10-17-13(21)12-11(16)14-20(18-12)8-5-9-22-14/h3-10H2,1-2H3,(H,17,21). The Balaban J connectivity index is 1.71. The average molecular weight is 327 g/mol. The first-order chi connectivity index (χ1) is 10.5. The Hall–Kier alpha value is -1.27. The van der Waals surface area contributed by atoms with Gasteiger partial charge in [0.05, 0.1) is 6.61 Å². The van der Waals surface area contributed by atoms with Crippen molar-refractivity contribution in [3.8, 4) is 5.88 Å². The van der Waals surface area contributed by atoms with Crippen LogP contribution in [0.25, 0.3) is 0 Å². The number of nitrogens with zero attached hydrogens (tertiary/aromatic N) is 3. The lowest BCUT2D eigenvalue weighted by molar-refractivity contribution is 0.0894. The van der Waals surface area contributed by atoms with Crippen LogP contribution in [0.2, 0.25) is 5.02 Å². The van der Waals surface area contributed by atoms with Crippen molar-refractivity contribution in [2.24, 2.45) is 0 Å². The highest BCUT2D eigenvalue weighted by Gasteiger charge is 2.36. The van der Waals surface area contributed by atoms with E-state index in [1.165, 1.54) is 12.8 Å². The maximum Gasteiger partial charge on any atom is 0.273 e. The number of hydrogen-bond acceptors (Lipinski definition) is 4. The third-order valence-electron chi connectivity index (χ3n) is 4.88. The second-order valence-electron chi connectivity index (χ2n) is 6.40. The van der Waals surface area contributed by atoms with Crippen molar-refractivity contribution in [2.45, 2.75) is 44.2 Å². The van der Waals surface area contributed by atoms with Gasteiger partial charge in [-0.05, 0) is 26.9 Å². The predicted molar refractivity (Wildman–Crippen MR) is 84.6 cm³/mol. The minimum absolute atomic E-state index is 0.0536. The van der Waals surface area contributed by atoms with E-state index in [4.69, 9.17) is 16.3 Å². The van der Waals surface area contributed by atoms with Gasteiger partial charge in [0.15, 0.2) is 5.69 Å². The molecule has 0 radical (unpaired) electrons. The molecule has 7 heteroatoms. The monoisotopic (exact) mass is 326 g/mol. The van der Waals surface area contributed by atoms with Gasteiger partial charge >= 0.3 is 0 Å². The molecule has 22 heavy (non-hydrogen) atoms. The smallest absolute Gasteiger partial charge is 0.273 e. The number of carbonyl (C=O) groups excluding carboxylic acids is 1. The summed E-state index contributed by atoms with van der Waals surface area (Å²) in [7, 11) is 4.15. The molecule has 0 bridgehead atoms. The van der Waals surface area contributed by atoms with Gasteiger partial charge in [0, 0.05) is 25.0 Å². The summed E-state index contributed by atoms with van der Waals surface area (Å²) in [6.07, 6.45) is 5.52. The molecular formula is C15H23ClN4O2. The lowest BCUT2D eigenvalue weighted by Gasteiger charge is -2.36. The lowest BCUT2D eigenvalue weighted by Crippen LogP contribution is -2.50. The average Bonchev–Trinajstić information content (AvgIpc) is 3.11. The van der Waals surface area contributed by atoms with E-state index in [2.05, 4.69) is 29.4 Å². The van der Waals surface area contributed by atoms with Crippen LogP contribution < -0.4 is 10.1 Å². The molecule has 1 fully saturated rings. The summed E-state index contributed by atoms with van der Waals surface area (Å²) in [4.78, 5) is 14.7. The molecular weight excluding hydrogens is 304 g/mol. The Labute approximate surface area is 135 Å². The molecule has 1 aromatic rings. The minimum Gasteiger partial charge on any atom is -0.477 e. The third kappa shape index (κ3) is 2.70. The molecule has 0 atom stereocenters. The van der Waals surface area contributed by atoms with Crippen LogP contribution in [0.5, 0.6) is 5.88 Å². The van der Waals surface area contributed by atoms with Gasteiger partial charge in [0.1, 0.15) is 5.02 Å². The zero-order valence-electron chi connectivity index (χ0n) is 13.2. The van der Waals surface area contributed by atoms with Crippen LogP contribution in [0, 0.1) is 0 Å². The fourth-order valence-corrected chi connectivity index (χ4v) is 3.66. The Morgan fingerprint density at radius 3 is 2.77 bits per heavy atom. The second-order valence-corrected chi connectivity index (χ2v) is 6.78. The van der Waals surface area contributed by atoms with Gasteiger partial charge in [0.25, 0.3) is 5.91 Å². The van der Waals surface area contributed by atoms with E-state index in [9.17, 15) is 4.79 Å². The van der Waals surface area contributed by atoms with Crippen molar-refractivity contribution in [3.63, 3.8) is 0 Å². The van der Waals surface area contributed by atoms with Gasteiger partial charge in [-0.15, -0.1) is 0 Å². The van der Waals surface area contributed by atoms with E-state index < -0.39 is 0 Å². The normalized spacial score (nSPS) is 19.8. The van der Waals surface area contributed by atoms with E-state index in [0.29, 0.717) is 24.1 Å². The van der Waals surface area contributed by atoms with Crippen LogP contribution in [0.3, 0.4) is 0 Å². The zero-order valence-corrected chi connectivity index (χ0v) is 13.9. The number of halogens is 1. The molecule has 1 saturated carbocycles. The van der Waals surface area contributed by atoms with Crippen molar-refractivity contribution >= 4 is 17.5 Å². The highest BCUT2D eigenvalue weighted by atomic mass is 35.5. The van der Waals surface area contributed by atoms with Crippen LogP contribution in [0.1, 0.15) is 42.6 Å². The Morgan fingerprint density at radius 2 is 2.14 bits per heavy atom. The summed E-state index contributed by atoms with van der Waals surface area (Å²) in [6, 6.07) is 0. The summed E-state index contributed by atoms with van der Waals surface area (Å²) in [6.45, 7) is 1.98. The van der Waals surface area contributed by atoms with Gasteiger partial charge in [-0.1, -0.05) is 24.4 Å². The van der Waals surface area contributed by atoms with E-state index in [0.717, 1.165) is 25.8 Å². The number of rotatable bonds is 4. The molecule has 0 unspecified atom stereocenters. The molecule has 122 valence electrons. The highest BCUT2D eigenvalue weighted by Crippen LogP contribution is 2.34. The summed E-state index contributed by atoms with van der Waals surface area (Å²) in [5.74, 6) is 0.296. The minimum atomic E-state index is -0.219. The molecule has 1 aromatic heterocycles. The van der Waals surface area contributed by atoms with E-state index in [-0.39, 0.29) is 17.1 Å². The number of aromatic nitrogens is 2. The maximum atomic E-state index is 12.5. The molecule has 0 saturated heterocycles. The van der Waals surface area contributed by atoms with Gasteiger partial charge in [-0.2, -0.15) is 5.10 Å². The van der Waals surface area contributed by atoms with E-state index in [1.54, 1.807) is 4.68 Å². The number of hydrogen-bond donors (Lipinski definition) is 1. The van der Waals surface area contributed by atoms with Crippen molar-refractivity contribution < 1.29 is 9.53 Å². The number of likely N-dealkylation sites (N-methyl/N-ethyl adjacent to an activating group) is 1. The Bertz CT molecular complexity index is 564. The highest BCUT2D eigenvalue weighted by molar-refractivity contribution is 6.34. The van der Waals surface area contributed by atoms with Gasteiger partial charge < -0.3 is 15.0 Å². The van der Waals surface area contributed by atoms with E-state index >= 15 is 0 Å². The van der Waals surface area contributed by atoms with Gasteiger partial charge in [0.2, 0.25) is 5.88 Å². The molecule has 3 rings (SSSR count). The number of fused-ring (bicyclic) bond motifs is 1. The number of aryl methyl sites for hydroxylation is 1. The van der Waals surface area contributed by atoms with E-state index in [1.807, 2.05) is 0 Å². The fraction of sp³-hybridized carbons (Fsp3) is 0.733. The molecule has 1 N–H and O–H groups in total. The van der Waals surface area contributed by atoms with Crippen LogP contribution in [0.15, 0.2) is 0 Å². The number of carbonyl (C=O) groups is 1.